The predicted molar refractivity (Wildman–Crippen MR) is 129 cm³/mol. The van der Waals surface area contributed by atoms with Crippen LogP contribution in [0.4, 0.5) is 0 Å². The van der Waals surface area contributed by atoms with Gasteiger partial charge in [-0.05, 0) is 46.5 Å². The monoisotopic (exact) mass is 446 g/mol. The van der Waals surface area contributed by atoms with Gasteiger partial charge >= 0.3 is 0 Å². The Hall–Kier alpha value is -2.86. The van der Waals surface area contributed by atoms with Gasteiger partial charge in [-0.15, -0.1) is 0 Å². The third kappa shape index (κ3) is 5.64. The van der Waals surface area contributed by atoms with Gasteiger partial charge in [0.05, 0.1) is 10.5 Å². The molecule has 4 rings (SSSR count). The fraction of sp³-hybridized carbons (Fsp3) is 0.0769. The summed E-state index contributed by atoms with van der Waals surface area (Å²) in [4.78, 5) is 0. The molecule has 0 radical (unpaired) electrons. The highest BCUT2D eigenvalue weighted by molar-refractivity contribution is 8.08. The van der Waals surface area contributed by atoms with Crippen molar-refractivity contribution in [3.05, 3.63) is 131 Å². The van der Waals surface area contributed by atoms with Crippen molar-refractivity contribution in [2.75, 3.05) is 0 Å². The third-order valence-electron chi connectivity index (χ3n) is 4.87. The Morgan fingerprint density at radius 2 is 0.774 bits per heavy atom. The van der Waals surface area contributed by atoms with Crippen LogP contribution in [-0.2, 0) is 3.63 Å². The molecule has 4 aromatic rings. The Labute approximate surface area is 191 Å². The smallest absolute Gasteiger partial charge is 0.115 e. The molecule has 156 valence electrons. The maximum absolute atomic E-state index is 9.67. The molecule has 0 amide bonds. The van der Waals surface area contributed by atoms with Crippen LogP contribution in [0.15, 0.2) is 109 Å². The molecule has 2 atom stereocenters. The zero-order valence-electron chi connectivity index (χ0n) is 16.7. The van der Waals surface area contributed by atoms with Crippen molar-refractivity contribution in [1.29, 1.82) is 0 Å². The first-order valence-electron chi connectivity index (χ1n) is 9.87. The minimum absolute atomic E-state index is 0.0365. The van der Waals surface area contributed by atoms with Gasteiger partial charge in [-0.3, -0.25) is 0 Å². The molecule has 4 aromatic carbocycles. The average molecular weight is 447 g/mol. The van der Waals surface area contributed by atoms with E-state index in [-0.39, 0.29) is 22.0 Å². The van der Waals surface area contributed by atoms with Gasteiger partial charge in [-0.1, -0.05) is 84.9 Å². The number of benzene rings is 4. The van der Waals surface area contributed by atoms with Crippen LogP contribution in [0.2, 0.25) is 0 Å². The van der Waals surface area contributed by atoms with Crippen LogP contribution >= 0.6 is 24.1 Å². The summed E-state index contributed by atoms with van der Waals surface area (Å²) in [5, 5.41) is 19.3. The van der Waals surface area contributed by atoms with Crippen LogP contribution in [-0.4, -0.2) is 10.2 Å². The molecule has 5 heteroatoms. The number of rotatable bonds is 8. The molecule has 0 saturated carbocycles. The largest absolute Gasteiger partial charge is 0.508 e. The van der Waals surface area contributed by atoms with Crippen LogP contribution in [0, 0.1) is 0 Å². The van der Waals surface area contributed by atoms with Crippen LogP contribution in [0.3, 0.4) is 0 Å². The van der Waals surface area contributed by atoms with Gasteiger partial charge in [0.1, 0.15) is 11.5 Å². The van der Waals surface area contributed by atoms with E-state index in [9.17, 15) is 10.2 Å². The molecule has 0 bridgehead atoms. The van der Waals surface area contributed by atoms with Gasteiger partial charge < -0.3 is 10.2 Å². The van der Waals surface area contributed by atoms with Crippen molar-refractivity contribution in [2.24, 2.45) is 0 Å². The van der Waals surface area contributed by atoms with Crippen molar-refractivity contribution >= 4 is 24.1 Å². The van der Waals surface area contributed by atoms with Crippen molar-refractivity contribution in [3.8, 4) is 11.5 Å². The summed E-state index contributed by atoms with van der Waals surface area (Å²) in [6.45, 7) is 0. The molecule has 0 aliphatic heterocycles. The highest BCUT2D eigenvalue weighted by Gasteiger charge is 2.20. The summed E-state index contributed by atoms with van der Waals surface area (Å²) in [6.07, 6.45) is 0. The molecular formula is C26H22O3S2. The second-order valence-corrected chi connectivity index (χ2v) is 8.90. The second kappa shape index (κ2) is 10.4. The van der Waals surface area contributed by atoms with E-state index in [1.165, 1.54) is 24.1 Å². The van der Waals surface area contributed by atoms with Crippen LogP contribution < -0.4 is 0 Å². The van der Waals surface area contributed by atoms with E-state index in [0.29, 0.717) is 0 Å². The first-order valence-corrected chi connectivity index (χ1v) is 11.5. The fourth-order valence-corrected chi connectivity index (χ4v) is 5.15. The van der Waals surface area contributed by atoms with Gasteiger partial charge in [-0.25, -0.2) is 3.63 Å². The number of phenols is 2. The number of hydrogen-bond donors (Lipinski definition) is 2. The van der Waals surface area contributed by atoms with E-state index < -0.39 is 0 Å². The lowest BCUT2D eigenvalue weighted by atomic mass is 10.0. The third-order valence-corrected chi connectivity index (χ3v) is 6.97. The normalized spacial score (nSPS) is 12.9. The number of phenolic OH excluding ortho intramolecular Hbond substituents is 2. The molecule has 31 heavy (non-hydrogen) atoms. The van der Waals surface area contributed by atoms with E-state index in [2.05, 4.69) is 24.3 Å². The second-order valence-electron chi connectivity index (χ2n) is 7.03. The highest BCUT2D eigenvalue weighted by atomic mass is 32.2. The lowest BCUT2D eigenvalue weighted by molar-refractivity contribution is 0.474. The highest BCUT2D eigenvalue weighted by Crippen LogP contribution is 2.44. The van der Waals surface area contributed by atoms with E-state index in [4.69, 9.17) is 3.63 Å². The van der Waals surface area contributed by atoms with Crippen molar-refractivity contribution in [1.82, 2.24) is 0 Å². The molecule has 2 unspecified atom stereocenters. The molecule has 0 spiro atoms. The van der Waals surface area contributed by atoms with Gasteiger partial charge in [0, 0.05) is 24.1 Å². The molecule has 2 N–H and O–H groups in total. The molecule has 0 fully saturated rings. The van der Waals surface area contributed by atoms with Crippen LogP contribution in [0.25, 0.3) is 0 Å². The van der Waals surface area contributed by atoms with E-state index in [0.717, 1.165) is 22.3 Å². The topological polar surface area (TPSA) is 49.7 Å². The minimum atomic E-state index is -0.0365. The molecule has 0 aliphatic rings. The van der Waals surface area contributed by atoms with Gasteiger partial charge in [0.2, 0.25) is 0 Å². The van der Waals surface area contributed by atoms with Crippen molar-refractivity contribution < 1.29 is 13.8 Å². The van der Waals surface area contributed by atoms with Crippen LogP contribution in [0.1, 0.15) is 32.8 Å². The Morgan fingerprint density at radius 3 is 1.13 bits per heavy atom. The lowest BCUT2D eigenvalue weighted by Gasteiger charge is -2.20. The van der Waals surface area contributed by atoms with Crippen molar-refractivity contribution in [3.63, 3.8) is 0 Å². The average Bonchev–Trinajstić information content (AvgIpc) is 2.82. The SMILES string of the molecule is Oc1ccc(C(SOSC(c2ccccc2)c2ccc(O)cc2)c2ccccc2)cc1. The van der Waals surface area contributed by atoms with Crippen molar-refractivity contribution in [2.45, 2.75) is 10.5 Å². The van der Waals surface area contributed by atoms with Gasteiger partial charge in [0.25, 0.3) is 0 Å². The molecule has 0 heterocycles. The van der Waals surface area contributed by atoms with Gasteiger partial charge in [-0.2, -0.15) is 0 Å². The summed E-state index contributed by atoms with van der Waals surface area (Å²) in [5.74, 6) is 0.486. The summed E-state index contributed by atoms with van der Waals surface area (Å²) < 4.78 is 6.14. The summed E-state index contributed by atoms with van der Waals surface area (Å²) in [7, 11) is 0. The lowest BCUT2D eigenvalue weighted by Crippen LogP contribution is -1.99. The molecule has 3 nitrogen and oxygen atoms in total. The standard InChI is InChI=1S/C26H22O3S2/c27-23-15-11-21(12-16-23)25(19-7-3-1-4-8-19)30-29-31-26(20-9-5-2-6-10-20)22-13-17-24(28)18-14-22/h1-18,25-28H. The zero-order valence-corrected chi connectivity index (χ0v) is 18.3. The first kappa shape index (κ1) is 21.4. The Bertz CT molecular complexity index is 980. The maximum atomic E-state index is 9.67. The molecule has 0 saturated heterocycles. The summed E-state index contributed by atoms with van der Waals surface area (Å²) in [6, 6.07) is 34.8. The quantitative estimate of drug-likeness (QED) is 0.278. The Balaban J connectivity index is 1.55. The maximum Gasteiger partial charge on any atom is 0.115 e. The molecule has 0 aromatic heterocycles. The molecular weight excluding hydrogens is 424 g/mol. The zero-order chi connectivity index (χ0) is 21.5. The van der Waals surface area contributed by atoms with Crippen LogP contribution in [0.5, 0.6) is 11.5 Å². The number of hydrogen-bond acceptors (Lipinski definition) is 5. The van der Waals surface area contributed by atoms with E-state index >= 15 is 0 Å². The fourth-order valence-electron chi connectivity index (χ4n) is 3.26. The summed E-state index contributed by atoms with van der Waals surface area (Å²) >= 11 is 2.77. The Morgan fingerprint density at radius 1 is 0.452 bits per heavy atom. The Kier molecular flexibility index (Phi) is 7.20. The predicted octanol–water partition coefficient (Wildman–Crippen LogP) is 7.29. The number of aromatic hydroxyl groups is 2. The summed E-state index contributed by atoms with van der Waals surface area (Å²) in [5.41, 5.74) is 4.35. The van der Waals surface area contributed by atoms with E-state index in [1.54, 1.807) is 24.3 Å². The van der Waals surface area contributed by atoms with E-state index in [1.807, 2.05) is 60.7 Å². The minimum Gasteiger partial charge on any atom is -0.508 e. The first-order chi connectivity index (χ1) is 15.2. The van der Waals surface area contributed by atoms with Gasteiger partial charge in [0.15, 0.2) is 0 Å². The molecule has 0 aliphatic carbocycles.